The van der Waals surface area contributed by atoms with Crippen molar-refractivity contribution in [1.82, 2.24) is 10.3 Å². The maximum Gasteiger partial charge on any atom is 0.416 e. The summed E-state index contributed by atoms with van der Waals surface area (Å²) in [5, 5.41) is 3.47. The van der Waals surface area contributed by atoms with Crippen LogP contribution in [-0.4, -0.2) is 22.9 Å². The molecule has 0 unspecified atom stereocenters. The quantitative estimate of drug-likeness (QED) is 0.587. The van der Waals surface area contributed by atoms with E-state index in [9.17, 15) is 22.8 Å². The summed E-state index contributed by atoms with van der Waals surface area (Å²) < 4.78 is 44.2. The minimum Gasteiger partial charge on any atom is -0.459 e. The van der Waals surface area contributed by atoms with Gasteiger partial charge in [-0.15, -0.1) is 0 Å². The van der Waals surface area contributed by atoms with Crippen molar-refractivity contribution in [1.29, 1.82) is 0 Å². The van der Waals surface area contributed by atoms with Crippen LogP contribution in [0.1, 0.15) is 29.2 Å². The molecule has 2 N–H and O–H groups in total. The van der Waals surface area contributed by atoms with E-state index >= 15 is 0 Å². The van der Waals surface area contributed by atoms with Crippen molar-refractivity contribution in [2.75, 3.05) is 0 Å². The second-order valence-corrected chi connectivity index (χ2v) is 7.13. The van der Waals surface area contributed by atoms with Crippen LogP contribution in [0.3, 0.4) is 0 Å². The first-order chi connectivity index (χ1) is 14.1. The Morgan fingerprint density at radius 3 is 2.60 bits per heavy atom. The number of ether oxygens (including phenoxy) is 1. The van der Waals surface area contributed by atoms with Crippen LogP contribution in [0.15, 0.2) is 48.7 Å². The lowest BCUT2D eigenvalue weighted by atomic mass is 10.0. The molecule has 30 heavy (non-hydrogen) atoms. The molecule has 8 heteroatoms. The molecule has 1 amide bonds. The average Bonchev–Trinajstić information content (AvgIpc) is 3.07. The van der Waals surface area contributed by atoms with Crippen LogP contribution in [-0.2, 0) is 33.5 Å². The molecule has 0 spiro atoms. The fourth-order valence-electron chi connectivity index (χ4n) is 3.32. The topological polar surface area (TPSA) is 71.2 Å². The number of para-hydroxylation sites is 1. The summed E-state index contributed by atoms with van der Waals surface area (Å²) in [6.07, 6.45) is -2.55. The van der Waals surface area contributed by atoms with Gasteiger partial charge < -0.3 is 15.0 Å². The normalized spacial score (nSPS) is 12.6. The summed E-state index contributed by atoms with van der Waals surface area (Å²) in [5.74, 6) is -1.13. The summed E-state index contributed by atoms with van der Waals surface area (Å²) in [7, 11) is 0. The van der Waals surface area contributed by atoms with E-state index in [1.165, 1.54) is 19.9 Å². The zero-order valence-corrected chi connectivity index (χ0v) is 16.5. The number of halogens is 3. The molecular formula is C22H21F3N2O3. The number of aromatic nitrogens is 1. The molecule has 3 aromatic rings. The zero-order chi connectivity index (χ0) is 21.9. The third-order valence-electron chi connectivity index (χ3n) is 4.61. The molecule has 1 atom stereocenters. The maximum atomic E-state index is 13.0. The molecule has 0 bridgehead atoms. The number of hydrogen-bond acceptors (Lipinski definition) is 3. The first kappa shape index (κ1) is 21.4. The monoisotopic (exact) mass is 418 g/mol. The highest BCUT2D eigenvalue weighted by Crippen LogP contribution is 2.30. The number of rotatable bonds is 6. The van der Waals surface area contributed by atoms with Gasteiger partial charge in [-0.1, -0.05) is 29.8 Å². The van der Waals surface area contributed by atoms with Gasteiger partial charge in [-0.25, -0.2) is 4.79 Å². The standard InChI is InChI=1S/C22H21F3N2O3/c1-13-7-15(9-17(8-13)22(23,24)25)12-30-21(29)20(27-14(2)28)10-16-11-26-19-6-4-3-5-18(16)19/h3-9,11,20,26H,10,12H2,1-2H3,(H,27,28)/t20-/m1/s1. The van der Waals surface area contributed by atoms with Crippen molar-refractivity contribution in [3.05, 3.63) is 70.9 Å². The SMILES string of the molecule is CC(=O)N[C@H](Cc1c[nH]c2ccccc12)C(=O)OCc1cc(C)cc(C(F)(F)F)c1. The number of aromatic amines is 1. The minimum atomic E-state index is -4.49. The second kappa shape index (κ2) is 8.61. The Bertz CT molecular complexity index is 1070. The van der Waals surface area contributed by atoms with Gasteiger partial charge in [-0.2, -0.15) is 13.2 Å². The van der Waals surface area contributed by atoms with Crippen molar-refractivity contribution < 1.29 is 27.5 Å². The van der Waals surface area contributed by atoms with Gasteiger partial charge >= 0.3 is 12.1 Å². The number of fused-ring (bicyclic) bond motifs is 1. The van der Waals surface area contributed by atoms with Crippen LogP contribution in [0.2, 0.25) is 0 Å². The number of esters is 1. The molecule has 1 aromatic heterocycles. The predicted molar refractivity (Wildman–Crippen MR) is 106 cm³/mol. The maximum absolute atomic E-state index is 13.0. The van der Waals surface area contributed by atoms with Crippen LogP contribution < -0.4 is 5.32 Å². The van der Waals surface area contributed by atoms with Crippen molar-refractivity contribution in [2.24, 2.45) is 0 Å². The highest BCUT2D eigenvalue weighted by Gasteiger charge is 2.31. The van der Waals surface area contributed by atoms with Gasteiger partial charge in [0.25, 0.3) is 0 Å². The molecular weight excluding hydrogens is 397 g/mol. The van der Waals surface area contributed by atoms with Crippen LogP contribution >= 0.6 is 0 Å². The van der Waals surface area contributed by atoms with Crippen molar-refractivity contribution in [3.8, 4) is 0 Å². The molecule has 0 aliphatic rings. The lowest BCUT2D eigenvalue weighted by Gasteiger charge is -2.17. The molecule has 158 valence electrons. The number of benzene rings is 2. The molecule has 1 heterocycles. The molecule has 0 aliphatic carbocycles. The zero-order valence-electron chi connectivity index (χ0n) is 16.5. The number of H-pyrrole nitrogens is 1. The molecule has 0 aliphatic heterocycles. The number of carbonyl (C=O) groups is 2. The lowest BCUT2D eigenvalue weighted by molar-refractivity contribution is -0.149. The first-order valence-corrected chi connectivity index (χ1v) is 9.30. The largest absolute Gasteiger partial charge is 0.459 e. The Kier molecular flexibility index (Phi) is 6.14. The van der Waals surface area contributed by atoms with E-state index in [2.05, 4.69) is 10.3 Å². The summed E-state index contributed by atoms with van der Waals surface area (Å²) >= 11 is 0. The lowest BCUT2D eigenvalue weighted by Crippen LogP contribution is -2.42. The molecule has 2 aromatic carbocycles. The van der Waals surface area contributed by atoms with Gasteiger partial charge in [-0.05, 0) is 36.2 Å². The summed E-state index contributed by atoms with van der Waals surface area (Å²) in [4.78, 5) is 27.3. The molecule has 3 rings (SSSR count). The predicted octanol–water partition coefficient (Wildman–Crippen LogP) is 4.29. The van der Waals surface area contributed by atoms with E-state index in [1.807, 2.05) is 24.3 Å². The third-order valence-corrected chi connectivity index (χ3v) is 4.61. The Morgan fingerprint density at radius 2 is 1.90 bits per heavy atom. The second-order valence-electron chi connectivity index (χ2n) is 7.13. The van der Waals surface area contributed by atoms with Gasteiger partial charge in [0, 0.05) is 30.4 Å². The van der Waals surface area contributed by atoms with Crippen molar-refractivity contribution in [2.45, 2.75) is 39.1 Å². The number of nitrogens with one attached hydrogen (secondary N) is 2. The molecule has 0 fully saturated rings. The number of amides is 1. The summed E-state index contributed by atoms with van der Waals surface area (Å²) in [6.45, 7) is 2.50. The fourth-order valence-corrected chi connectivity index (χ4v) is 3.32. The Labute approximate surface area is 171 Å². The summed E-state index contributed by atoms with van der Waals surface area (Å²) in [6, 6.07) is 10.1. The highest BCUT2D eigenvalue weighted by molar-refractivity contribution is 5.86. The van der Waals surface area contributed by atoms with Gasteiger partial charge in [0.1, 0.15) is 12.6 Å². The third kappa shape index (κ3) is 5.20. The van der Waals surface area contributed by atoms with Gasteiger partial charge in [0.05, 0.1) is 5.56 Å². The van der Waals surface area contributed by atoms with Gasteiger partial charge in [0.2, 0.25) is 5.91 Å². The number of hydrogen-bond donors (Lipinski definition) is 2. The van der Waals surface area contributed by atoms with Crippen LogP contribution in [0.25, 0.3) is 10.9 Å². The first-order valence-electron chi connectivity index (χ1n) is 9.30. The number of aryl methyl sites for hydroxylation is 1. The van der Waals surface area contributed by atoms with E-state index in [4.69, 9.17) is 4.74 Å². The van der Waals surface area contributed by atoms with E-state index in [0.29, 0.717) is 5.56 Å². The Morgan fingerprint density at radius 1 is 1.17 bits per heavy atom. The van der Waals surface area contributed by atoms with Crippen molar-refractivity contribution >= 4 is 22.8 Å². The molecule has 0 radical (unpaired) electrons. The van der Waals surface area contributed by atoms with Crippen molar-refractivity contribution in [3.63, 3.8) is 0 Å². The van der Waals surface area contributed by atoms with Crippen LogP contribution in [0.5, 0.6) is 0 Å². The molecule has 0 saturated heterocycles. The van der Waals surface area contributed by atoms with Gasteiger partial charge in [0.15, 0.2) is 0 Å². The highest BCUT2D eigenvalue weighted by atomic mass is 19.4. The molecule has 0 saturated carbocycles. The van der Waals surface area contributed by atoms with E-state index in [0.717, 1.165) is 28.6 Å². The summed E-state index contributed by atoms with van der Waals surface area (Å²) in [5.41, 5.74) is 1.54. The minimum absolute atomic E-state index is 0.185. The van der Waals surface area contributed by atoms with Crippen LogP contribution in [0, 0.1) is 6.92 Å². The van der Waals surface area contributed by atoms with E-state index < -0.39 is 29.7 Å². The average molecular weight is 418 g/mol. The number of alkyl halides is 3. The van der Waals surface area contributed by atoms with E-state index in [-0.39, 0.29) is 18.6 Å². The Balaban J connectivity index is 1.75. The van der Waals surface area contributed by atoms with Crippen LogP contribution in [0.4, 0.5) is 13.2 Å². The van der Waals surface area contributed by atoms with E-state index in [1.54, 1.807) is 6.20 Å². The number of carbonyl (C=O) groups excluding carboxylic acids is 2. The van der Waals surface area contributed by atoms with Gasteiger partial charge in [-0.3, -0.25) is 4.79 Å². The molecule has 5 nitrogen and oxygen atoms in total. The smallest absolute Gasteiger partial charge is 0.416 e. The Hall–Kier alpha value is -3.29. The fraction of sp³-hybridized carbons (Fsp3) is 0.273.